The maximum Gasteiger partial charge on any atom is 0.271 e. The van der Waals surface area contributed by atoms with Crippen molar-refractivity contribution in [2.75, 3.05) is 13.2 Å². The summed E-state index contributed by atoms with van der Waals surface area (Å²) in [4.78, 5) is 34.1. The van der Waals surface area contributed by atoms with E-state index in [1.807, 2.05) is 30.3 Å². The molecule has 0 radical (unpaired) electrons. The molecule has 3 rings (SSSR count). The van der Waals surface area contributed by atoms with Crippen LogP contribution < -0.4 is 15.5 Å². The van der Waals surface area contributed by atoms with E-state index in [1.165, 1.54) is 30.5 Å². The van der Waals surface area contributed by atoms with Crippen molar-refractivity contribution < 1.29 is 19.2 Å². The molecule has 0 spiro atoms. The lowest BCUT2D eigenvalue weighted by atomic mass is 10.1. The summed E-state index contributed by atoms with van der Waals surface area (Å²) in [5.74, 6) is -0.162. The minimum Gasteiger partial charge on any atom is -0.484 e. The van der Waals surface area contributed by atoms with E-state index in [1.54, 1.807) is 24.3 Å². The van der Waals surface area contributed by atoms with Crippen LogP contribution in [-0.4, -0.2) is 36.1 Å². The third-order valence-electron chi connectivity index (χ3n) is 4.55. The Morgan fingerprint density at radius 3 is 2.33 bits per heavy atom. The first-order valence-electron chi connectivity index (χ1n) is 10.1. The molecule has 2 amide bonds. The van der Waals surface area contributed by atoms with E-state index in [4.69, 9.17) is 4.74 Å². The Hall–Kier alpha value is -4.53. The number of amides is 2. The van der Waals surface area contributed by atoms with Gasteiger partial charge in [0.15, 0.2) is 6.61 Å². The minimum atomic E-state index is -0.536. The molecule has 0 aliphatic rings. The molecule has 0 aliphatic heterocycles. The zero-order valence-electron chi connectivity index (χ0n) is 17.6. The molecular weight excluding hydrogens is 424 g/mol. The highest BCUT2D eigenvalue weighted by atomic mass is 16.6. The van der Waals surface area contributed by atoms with E-state index in [0.717, 1.165) is 12.0 Å². The van der Waals surface area contributed by atoms with Gasteiger partial charge in [-0.1, -0.05) is 30.3 Å². The van der Waals surface area contributed by atoms with Gasteiger partial charge in [-0.25, -0.2) is 5.43 Å². The van der Waals surface area contributed by atoms with Gasteiger partial charge in [0.25, 0.3) is 17.5 Å². The lowest BCUT2D eigenvalue weighted by Crippen LogP contribution is -2.30. The molecule has 0 fully saturated rings. The molecule has 2 N–H and O–H groups in total. The molecule has 0 saturated carbocycles. The Bertz CT molecular complexity index is 1110. The molecule has 0 saturated heterocycles. The van der Waals surface area contributed by atoms with Crippen LogP contribution in [0.5, 0.6) is 5.75 Å². The number of nitrogens with one attached hydrogen (secondary N) is 2. The number of carbonyl (C=O) groups is 2. The number of hydrogen-bond donors (Lipinski definition) is 2. The SMILES string of the molecule is O=C(COc1ccc(/C=N\NC(=O)c2ccc([N+](=O)[O-])cc2)cc1)NCCc1ccccc1. The van der Waals surface area contributed by atoms with Crippen molar-refractivity contribution in [2.45, 2.75) is 6.42 Å². The average molecular weight is 446 g/mol. The number of benzene rings is 3. The smallest absolute Gasteiger partial charge is 0.271 e. The Morgan fingerprint density at radius 2 is 1.67 bits per heavy atom. The van der Waals surface area contributed by atoms with Crippen LogP contribution >= 0.6 is 0 Å². The van der Waals surface area contributed by atoms with E-state index in [-0.39, 0.29) is 23.8 Å². The summed E-state index contributed by atoms with van der Waals surface area (Å²) in [5, 5.41) is 17.3. The summed E-state index contributed by atoms with van der Waals surface area (Å²) < 4.78 is 5.48. The predicted octanol–water partition coefficient (Wildman–Crippen LogP) is 3.10. The molecule has 3 aromatic carbocycles. The summed E-state index contributed by atoms with van der Waals surface area (Å²) in [6.45, 7) is 0.445. The van der Waals surface area contributed by atoms with Crippen LogP contribution in [0.25, 0.3) is 0 Å². The van der Waals surface area contributed by atoms with Crippen molar-refractivity contribution in [2.24, 2.45) is 5.10 Å². The highest BCUT2D eigenvalue weighted by molar-refractivity contribution is 5.95. The van der Waals surface area contributed by atoms with Crippen LogP contribution in [0.4, 0.5) is 5.69 Å². The number of rotatable bonds is 10. The molecule has 9 heteroatoms. The van der Waals surface area contributed by atoms with Crippen LogP contribution in [-0.2, 0) is 11.2 Å². The maximum atomic E-state index is 12.0. The van der Waals surface area contributed by atoms with Gasteiger partial charge in [-0.15, -0.1) is 0 Å². The Balaban J connectivity index is 1.39. The van der Waals surface area contributed by atoms with E-state index in [9.17, 15) is 19.7 Å². The first-order chi connectivity index (χ1) is 16.0. The molecule has 168 valence electrons. The number of non-ortho nitro benzene ring substituents is 1. The maximum absolute atomic E-state index is 12.0. The van der Waals surface area contributed by atoms with Crippen molar-refractivity contribution in [3.05, 3.63) is 106 Å². The molecule has 0 heterocycles. The Morgan fingerprint density at radius 1 is 0.970 bits per heavy atom. The van der Waals surface area contributed by atoms with Crippen LogP contribution in [0.1, 0.15) is 21.5 Å². The van der Waals surface area contributed by atoms with E-state index < -0.39 is 10.8 Å². The molecule has 0 aromatic heterocycles. The molecule has 0 atom stereocenters. The van der Waals surface area contributed by atoms with Gasteiger partial charge in [0, 0.05) is 24.2 Å². The van der Waals surface area contributed by atoms with Crippen molar-refractivity contribution in [1.82, 2.24) is 10.7 Å². The number of nitro benzene ring substituents is 1. The van der Waals surface area contributed by atoms with Gasteiger partial charge in [0.2, 0.25) is 0 Å². The normalized spacial score (nSPS) is 10.5. The van der Waals surface area contributed by atoms with Crippen LogP contribution in [0.15, 0.2) is 84.0 Å². The topological polar surface area (TPSA) is 123 Å². The summed E-state index contributed by atoms with van der Waals surface area (Å²) in [6.07, 6.45) is 2.20. The molecule has 33 heavy (non-hydrogen) atoms. The Labute approximate surface area is 190 Å². The Kier molecular flexibility index (Phi) is 8.24. The third kappa shape index (κ3) is 7.59. The number of hydrazone groups is 1. The fraction of sp³-hybridized carbons (Fsp3) is 0.125. The molecule has 3 aromatic rings. The largest absolute Gasteiger partial charge is 0.484 e. The second-order valence-corrected chi connectivity index (χ2v) is 6.95. The van der Waals surface area contributed by atoms with Gasteiger partial charge in [-0.2, -0.15) is 5.10 Å². The summed E-state index contributed by atoms with van der Waals surface area (Å²) in [6, 6.07) is 21.9. The van der Waals surface area contributed by atoms with Crippen LogP contribution in [0.3, 0.4) is 0 Å². The van der Waals surface area contributed by atoms with Crippen molar-refractivity contribution >= 4 is 23.7 Å². The quantitative estimate of drug-likeness (QED) is 0.281. The van der Waals surface area contributed by atoms with Gasteiger partial charge in [-0.05, 0) is 53.9 Å². The van der Waals surface area contributed by atoms with E-state index in [2.05, 4.69) is 15.8 Å². The van der Waals surface area contributed by atoms with Gasteiger partial charge >= 0.3 is 0 Å². The summed E-state index contributed by atoms with van der Waals surface area (Å²) >= 11 is 0. The average Bonchev–Trinajstić information content (AvgIpc) is 2.84. The number of nitrogens with zero attached hydrogens (tertiary/aromatic N) is 2. The highest BCUT2D eigenvalue weighted by Crippen LogP contribution is 2.12. The fourth-order valence-electron chi connectivity index (χ4n) is 2.81. The van der Waals surface area contributed by atoms with Gasteiger partial charge in [0.1, 0.15) is 5.75 Å². The van der Waals surface area contributed by atoms with Gasteiger partial charge in [-0.3, -0.25) is 19.7 Å². The number of nitro groups is 1. The summed E-state index contributed by atoms with van der Waals surface area (Å²) in [7, 11) is 0. The molecule has 9 nitrogen and oxygen atoms in total. The van der Waals surface area contributed by atoms with E-state index >= 15 is 0 Å². The second-order valence-electron chi connectivity index (χ2n) is 6.95. The minimum absolute atomic E-state index is 0.0898. The number of ether oxygens (including phenoxy) is 1. The molecule has 0 unspecified atom stereocenters. The zero-order valence-corrected chi connectivity index (χ0v) is 17.6. The molecular formula is C24H22N4O5. The van der Waals surface area contributed by atoms with Crippen molar-refractivity contribution in [3.63, 3.8) is 0 Å². The van der Waals surface area contributed by atoms with Crippen LogP contribution in [0.2, 0.25) is 0 Å². The van der Waals surface area contributed by atoms with E-state index in [0.29, 0.717) is 17.9 Å². The van der Waals surface area contributed by atoms with Gasteiger partial charge < -0.3 is 10.1 Å². The van der Waals surface area contributed by atoms with Crippen LogP contribution in [0, 0.1) is 10.1 Å². The highest BCUT2D eigenvalue weighted by Gasteiger charge is 2.08. The molecule has 0 aliphatic carbocycles. The summed E-state index contributed by atoms with van der Waals surface area (Å²) in [5.41, 5.74) is 4.38. The second kappa shape index (κ2) is 11.8. The first kappa shape index (κ1) is 23.1. The fourth-order valence-corrected chi connectivity index (χ4v) is 2.81. The molecule has 0 bridgehead atoms. The zero-order chi connectivity index (χ0) is 23.5. The number of carbonyl (C=O) groups excluding carboxylic acids is 2. The third-order valence-corrected chi connectivity index (χ3v) is 4.55. The van der Waals surface area contributed by atoms with Crippen molar-refractivity contribution in [1.29, 1.82) is 0 Å². The standard InChI is InChI=1S/C24H22N4O5/c29-23(25-15-14-18-4-2-1-3-5-18)17-33-22-12-6-19(7-13-22)16-26-27-24(30)20-8-10-21(11-9-20)28(31)32/h1-13,16H,14-15,17H2,(H,25,29)(H,27,30)/b26-16-. The monoisotopic (exact) mass is 446 g/mol. The van der Waals surface area contributed by atoms with Crippen molar-refractivity contribution in [3.8, 4) is 5.75 Å². The lowest BCUT2D eigenvalue weighted by molar-refractivity contribution is -0.384. The lowest BCUT2D eigenvalue weighted by Gasteiger charge is -2.08. The van der Waals surface area contributed by atoms with Gasteiger partial charge in [0.05, 0.1) is 11.1 Å². The predicted molar refractivity (Wildman–Crippen MR) is 123 cm³/mol. The first-order valence-corrected chi connectivity index (χ1v) is 10.1. The number of hydrogen-bond acceptors (Lipinski definition) is 6.